The Hall–Kier alpha value is -2.87. The predicted octanol–water partition coefficient (Wildman–Crippen LogP) is 5.73. The lowest BCUT2D eigenvalue weighted by atomic mass is 9.76. The van der Waals surface area contributed by atoms with Crippen molar-refractivity contribution in [1.29, 1.82) is 0 Å². The van der Waals surface area contributed by atoms with Gasteiger partial charge in [0.15, 0.2) is 16.3 Å². The van der Waals surface area contributed by atoms with Crippen molar-refractivity contribution in [2.24, 2.45) is 14.1 Å². The van der Waals surface area contributed by atoms with E-state index in [4.69, 9.17) is 44.9 Å². The van der Waals surface area contributed by atoms with Crippen LogP contribution in [0.4, 0.5) is 0 Å². The molecule has 1 aromatic heterocycles. The summed E-state index contributed by atoms with van der Waals surface area (Å²) in [5.41, 5.74) is 1.50. The summed E-state index contributed by atoms with van der Waals surface area (Å²) < 4.78 is 16.3. The lowest BCUT2D eigenvalue weighted by molar-refractivity contribution is -0.141. The third kappa shape index (κ3) is 3.18. The minimum absolute atomic E-state index is 0.279. The van der Waals surface area contributed by atoms with Crippen LogP contribution in [0.3, 0.4) is 0 Å². The molecule has 2 bridgehead atoms. The molecule has 0 saturated carbocycles. The number of allylic oxidation sites excluding steroid dienone is 2. The quantitative estimate of drug-likeness (QED) is 0.319. The fourth-order valence-electron chi connectivity index (χ4n) is 5.80. The highest BCUT2D eigenvalue weighted by Gasteiger charge is 2.70. The summed E-state index contributed by atoms with van der Waals surface area (Å²) in [6.45, 7) is 2.67. The van der Waals surface area contributed by atoms with Crippen LogP contribution in [0.15, 0.2) is 60.0 Å². The van der Waals surface area contributed by atoms with Crippen LogP contribution in [-0.4, -0.2) is 21.1 Å². The Morgan fingerprint density at radius 2 is 1.11 bits per heavy atom. The Kier molecular flexibility index (Phi) is 5.51. The topological polar surface area (TPSA) is 62.5 Å². The Bertz CT molecular complexity index is 1380. The van der Waals surface area contributed by atoms with Gasteiger partial charge >= 0.3 is 11.9 Å². The van der Waals surface area contributed by atoms with Crippen LogP contribution in [0.1, 0.15) is 42.8 Å². The molecule has 0 aliphatic heterocycles. The van der Waals surface area contributed by atoms with Crippen molar-refractivity contribution in [2.75, 3.05) is 0 Å². The molecule has 2 aromatic carbocycles. The minimum atomic E-state index is -0.959. The van der Waals surface area contributed by atoms with Gasteiger partial charge in [0.25, 0.3) is 0 Å². The summed E-state index contributed by atoms with van der Waals surface area (Å²) in [6, 6.07) is 14.8. The number of carbonyl (C=O) groups is 2. The van der Waals surface area contributed by atoms with Crippen molar-refractivity contribution in [3.8, 4) is 0 Å². The van der Waals surface area contributed by atoms with E-state index < -0.39 is 22.8 Å². The predicted molar refractivity (Wildman–Crippen MR) is 135 cm³/mol. The van der Waals surface area contributed by atoms with Crippen LogP contribution in [-0.2, 0) is 44.0 Å². The summed E-state index contributed by atoms with van der Waals surface area (Å²) in [5, 5.41) is 1.15. The number of carbonyl (C=O) groups excluding carboxylic acids is 2. The van der Waals surface area contributed by atoms with Crippen LogP contribution in [0.2, 0.25) is 10.0 Å². The maximum Gasteiger partial charge on any atom is 0.307 e. The zero-order chi connectivity index (χ0) is 25.3. The summed E-state index contributed by atoms with van der Waals surface area (Å²) in [4.78, 5) is 24.8. The molecule has 5 rings (SSSR count). The number of rotatable bonds is 4. The lowest BCUT2D eigenvalue weighted by Crippen LogP contribution is -2.33. The largest absolute Gasteiger partial charge is 0.426 e. The Balaban J connectivity index is 1.98. The van der Waals surface area contributed by atoms with Gasteiger partial charge in [-0.25, -0.2) is 0 Å². The second-order valence-corrected chi connectivity index (χ2v) is 10.2. The van der Waals surface area contributed by atoms with Crippen molar-refractivity contribution in [1.82, 2.24) is 9.13 Å². The van der Waals surface area contributed by atoms with Gasteiger partial charge in [-0.1, -0.05) is 47.5 Å². The monoisotopic (exact) mass is 528 g/mol. The minimum Gasteiger partial charge on any atom is -0.426 e. The number of hydrogen-bond acceptors (Lipinski definition) is 5. The Labute approximate surface area is 217 Å². The summed E-state index contributed by atoms with van der Waals surface area (Å²) in [7, 11) is 3.79. The SMILES string of the molecule is CC(=O)OC1=C(OC(C)=O)[C@@]2(c3ccc(Cl)cc3)C[C@]1(c1ccc(Cl)cc1)c1c2n(C)c(=S)n1C. The lowest BCUT2D eigenvalue weighted by Gasteiger charge is -2.33. The van der Waals surface area contributed by atoms with E-state index in [1.165, 1.54) is 13.8 Å². The fourth-order valence-corrected chi connectivity index (χ4v) is 6.24. The second-order valence-electron chi connectivity index (χ2n) is 8.94. The van der Waals surface area contributed by atoms with E-state index in [1.54, 1.807) is 24.3 Å². The van der Waals surface area contributed by atoms with Crippen molar-refractivity contribution in [2.45, 2.75) is 31.1 Å². The van der Waals surface area contributed by atoms with E-state index in [9.17, 15) is 9.59 Å². The number of benzene rings is 2. The molecule has 0 saturated heterocycles. The normalized spacial score (nSPS) is 22.3. The maximum absolute atomic E-state index is 12.4. The molecule has 0 unspecified atom stereocenters. The molecule has 2 atom stereocenters. The van der Waals surface area contributed by atoms with E-state index in [0.717, 1.165) is 22.5 Å². The molecule has 0 fully saturated rings. The van der Waals surface area contributed by atoms with Crippen molar-refractivity contribution >= 4 is 47.4 Å². The van der Waals surface area contributed by atoms with Crippen molar-refractivity contribution in [3.63, 3.8) is 0 Å². The molecule has 0 spiro atoms. The van der Waals surface area contributed by atoms with Crippen LogP contribution in [0.5, 0.6) is 0 Å². The van der Waals surface area contributed by atoms with Crippen LogP contribution in [0.25, 0.3) is 0 Å². The molecule has 0 amide bonds. The van der Waals surface area contributed by atoms with Gasteiger partial charge in [-0.3, -0.25) is 9.59 Å². The van der Waals surface area contributed by atoms with Gasteiger partial charge in [0.05, 0.1) is 11.4 Å². The van der Waals surface area contributed by atoms with Crippen LogP contribution < -0.4 is 0 Å². The first-order valence-corrected chi connectivity index (χ1v) is 12.1. The molecule has 9 heteroatoms. The first-order chi connectivity index (χ1) is 16.5. The molecular formula is C26H22Cl2N2O4S. The summed E-state index contributed by atoms with van der Waals surface area (Å²) in [5.74, 6) is -0.478. The number of imidazole rings is 1. The van der Waals surface area contributed by atoms with Crippen molar-refractivity contribution < 1.29 is 19.1 Å². The Morgan fingerprint density at radius 3 is 1.43 bits per heavy atom. The molecule has 0 N–H and O–H groups in total. The first kappa shape index (κ1) is 23.9. The number of ether oxygens (including phenoxy) is 2. The van der Waals surface area contributed by atoms with E-state index in [1.807, 2.05) is 47.5 Å². The van der Waals surface area contributed by atoms with Crippen molar-refractivity contribution in [3.05, 3.63) is 97.4 Å². The van der Waals surface area contributed by atoms with E-state index in [-0.39, 0.29) is 11.5 Å². The Morgan fingerprint density at radius 1 is 0.771 bits per heavy atom. The number of hydrogen-bond donors (Lipinski definition) is 0. The number of halogens is 2. The van der Waals surface area contributed by atoms with Gasteiger partial charge in [-0.05, 0) is 54.0 Å². The molecule has 0 radical (unpaired) electrons. The average Bonchev–Trinajstić information content (AvgIpc) is 3.35. The standard InChI is InChI=1S/C26H22Cl2N2O4S/c1-14(31)33-22-23(34-15(2)32)26(17-7-11-19(28)12-8-17)13-25(22,16-5-9-18(27)10-6-16)20-21(26)30(4)24(35)29(20)3/h5-12H,13H2,1-4H3/t25-,26+. The molecule has 3 aromatic rings. The maximum atomic E-state index is 12.4. The molecular weight excluding hydrogens is 507 g/mol. The van der Waals surface area contributed by atoms with E-state index >= 15 is 0 Å². The van der Waals surface area contributed by atoms with Crippen LogP contribution >= 0.6 is 35.4 Å². The number of esters is 2. The van der Waals surface area contributed by atoms with Gasteiger partial charge < -0.3 is 18.6 Å². The van der Waals surface area contributed by atoms with Crippen LogP contribution in [0, 0.1) is 4.77 Å². The van der Waals surface area contributed by atoms with Gasteiger partial charge in [0.2, 0.25) is 0 Å². The van der Waals surface area contributed by atoms with E-state index in [0.29, 0.717) is 21.2 Å². The van der Waals surface area contributed by atoms with Gasteiger partial charge in [-0.15, -0.1) is 0 Å². The number of fused-ring (bicyclic) bond motifs is 5. The molecule has 2 aliphatic rings. The molecule has 35 heavy (non-hydrogen) atoms. The van der Waals surface area contributed by atoms with Gasteiger partial charge in [0.1, 0.15) is 10.8 Å². The summed E-state index contributed by atoms with van der Waals surface area (Å²) in [6.07, 6.45) is 0.427. The number of nitrogens with zero attached hydrogens (tertiary/aromatic N) is 2. The third-order valence-corrected chi connectivity index (χ3v) is 8.01. The highest BCUT2D eigenvalue weighted by molar-refractivity contribution is 7.71. The average molecular weight is 529 g/mol. The fraction of sp³-hybridized carbons (Fsp3) is 0.269. The molecule has 6 nitrogen and oxygen atoms in total. The smallest absolute Gasteiger partial charge is 0.307 e. The van der Waals surface area contributed by atoms with E-state index in [2.05, 4.69) is 0 Å². The summed E-state index contributed by atoms with van der Waals surface area (Å²) >= 11 is 18.2. The third-order valence-electron chi connectivity index (χ3n) is 6.95. The number of aromatic nitrogens is 2. The highest BCUT2D eigenvalue weighted by atomic mass is 35.5. The zero-order valence-corrected chi connectivity index (χ0v) is 21.8. The molecule has 180 valence electrons. The molecule has 1 heterocycles. The zero-order valence-electron chi connectivity index (χ0n) is 19.5. The molecule has 2 aliphatic carbocycles. The van der Waals surface area contributed by atoms with Gasteiger partial charge in [0, 0.05) is 38.0 Å². The first-order valence-electron chi connectivity index (χ1n) is 10.9. The van der Waals surface area contributed by atoms with Gasteiger partial charge in [-0.2, -0.15) is 0 Å². The highest BCUT2D eigenvalue weighted by Crippen LogP contribution is 2.68. The second kappa shape index (κ2) is 8.08.